The fraction of sp³-hybridized carbons (Fsp3) is 0.133. The largest absolute Gasteiger partial charge is 0.457 e. The Hall–Kier alpha value is -2.29. The van der Waals surface area contributed by atoms with E-state index in [0.717, 1.165) is 17.7 Å². The molecule has 18 heavy (non-hydrogen) atoms. The molecule has 0 bridgehead atoms. The van der Waals surface area contributed by atoms with Crippen LogP contribution >= 0.6 is 0 Å². The van der Waals surface area contributed by atoms with Crippen molar-refractivity contribution < 1.29 is 9.53 Å². The lowest BCUT2D eigenvalue weighted by atomic mass is 10.2. The first kappa shape index (κ1) is 12.2. The van der Waals surface area contributed by atoms with E-state index in [1.165, 1.54) is 0 Å². The number of anilines is 1. The van der Waals surface area contributed by atoms with Crippen LogP contribution in [-0.2, 0) is 0 Å². The van der Waals surface area contributed by atoms with Crippen molar-refractivity contribution >= 4 is 12.0 Å². The van der Waals surface area contributed by atoms with Crippen molar-refractivity contribution in [1.82, 2.24) is 0 Å². The molecule has 0 unspecified atom stereocenters. The van der Waals surface area contributed by atoms with Gasteiger partial charge in [-0.2, -0.15) is 0 Å². The summed E-state index contributed by atoms with van der Waals surface area (Å²) < 4.78 is 5.69. The number of para-hydroxylation sites is 1. The van der Waals surface area contributed by atoms with Gasteiger partial charge in [-0.3, -0.25) is 4.79 Å². The van der Waals surface area contributed by atoms with Crippen molar-refractivity contribution in [1.29, 1.82) is 0 Å². The molecule has 3 heteroatoms. The fourth-order valence-electron chi connectivity index (χ4n) is 1.61. The van der Waals surface area contributed by atoms with Crippen LogP contribution in [0.2, 0.25) is 0 Å². The number of hydrogen-bond donors (Lipinski definition) is 0. The third kappa shape index (κ3) is 2.69. The Morgan fingerprint density at radius 2 is 1.67 bits per heavy atom. The monoisotopic (exact) mass is 241 g/mol. The molecule has 0 spiro atoms. The van der Waals surface area contributed by atoms with Gasteiger partial charge in [-0.15, -0.1) is 0 Å². The minimum atomic E-state index is 0.550. The van der Waals surface area contributed by atoms with Gasteiger partial charge in [0.15, 0.2) is 6.29 Å². The number of carbonyl (C=O) groups is 1. The Morgan fingerprint density at radius 1 is 1.00 bits per heavy atom. The van der Waals surface area contributed by atoms with Crippen LogP contribution in [0.25, 0.3) is 0 Å². The van der Waals surface area contributed by atoms with Crippen molar-refractivity contribution in [2.24, 2.45) is 0 Å². The van der Waals surface area contributed by atoms with E-state index >= 15 is 0 Å². The third-order valence-corrected chi connectivity index (χ3v) is 2.63. The molecule has 0 aliphatic rings. The first-order valence-corrected chi connectivity index (χ1v) is 5.70. The molecule has 0 saturated heterocycles. The van der Waals surface area contributed by atoms with Crippen molar-refractivity contribution in [3.8, 4) is 11.5 Å². The van der Waals surface area contributed by atoms with Gasteiger partial charge in [-0.1, -0.05) is 12.1 Å². The van der Waals surface area contributed by atoms with Crippen molar-refractivity contribution in [3.05, 3.63) is 54.1 Å². The minimum Gasteiger partial charge on any atom is -0.457 e. The summed E-state index contributed by atoms with van der Waals surface area (Å²) in [5.74, 6) is 1.29. The molecule has 0 N–H and O–H groups in total. The van der Waals surface area contributed by atoms with Crippen LogP contribution in [0.4, 0.5) is 5.69 Å². The SMILES string of the molecule is CN(C)c1ccc(Oc2ccccc2C=O)cc1. The second kappa shape index (κ2) is 5.36. The van der Waals surface area contributed by atoms with Gasteiger partial charge in [0.25, 0.3) is 0 Å². The molecule has 3 nitrogen and oxygen atoms in total. The van der Waals surface area contributed by atoms with Crippen LogP contribution < -0.4 is 9.64 Å². The van der Waals surface area contributed by atoms with Gasteiger partial charge in [0, 0.05) is 19.8 Å². The Balaban J connectivity index is 2.21. The van der Waals surface area contributed by atoms with Gasteiger partial charge < -0.3 is 9.64 Å². The van der Waals surface area contributed by atoms with E-state index in [2.05, 4.69) is 0 Å². The maximum absolute atomic E-state index is 10.9. The molecule has 0 aliphatic heterocycles. The van der Waals surface area contributed by atoms with Crippen LogP contribution in [0.3, 0.4) is 0 Å². The highest BCUT2D eigenvalue weighted by atomic mass is 16.5. The lowest BCUT2D eigenvalue weighted by Crippen LogP contribution is -2.07. The summed E-state index contributed by atoms with van der Waals surface area (Å²) in [6.45, 7) is 0. The van der Waals surface area contributed by atoms with Crippen LogP contribution in [0, 0.1) is 0 Å². The second-order valence-corrected chi connectivity index (χ2v) is 4.15. The van der Waals surface area contributed by atoms with Gasteiger partial charge in [-0.05, 0) is 36.4 Å². The zero-order valence-corrected chi connectivity index (χ0v) is 10.5. The Kier molecular flexibility index (Phi) is 3.63. The van der Waals surface area contributed by atoms with E-state index in [9.17, 15) is 4.79 Å². The van der Waals surface area contributed by atoms with E-state index < -0.39 is 0 Å². The topological polar surface area (TPSA) is 29.5 Å². The number of aldehydes is 1. The first-order valence-electron chi connectivity index (χ1n) is 5.70. The zero-order valence-electron chi connectivity index (χ0n) is 10.5. The average molecular weight is 241 g/mol. The highest BCUT2D eigenvalue weighted by Crippen LogP contribution is 2.25. The summed E-state index contributed by atoms with van der Waals surface area (Å²) in [5.41, 5.74) is 1.65. The van der Waals surface area contributed by atoms with E-state index in [1.54, 1.807) is 12.1 Å². The molecular weight excluding hydrogens is 226 g/mol. The molecule has 0 saturated carbocycles. The van der Waals surface area contributed by atoms with E-state index in [-0.39, 0.29) is 0 Å². The normalized spacial score (nSPS) is 9.89. The minimum absolute atomic E-state index is 0.550. The van der Waals surface area contributed by atoms with Crippen LogP contribution in [0.1, 0.15) is 10.4 Å². The summed E-state index contributed by atoms with van der Waals surface area (Å²) in [6.07, 6.45) is 0.795. The van der Waals surface area contributed by atoms with Crippen LogP contribution in [-0.4, -0.2) is 20.4 Å². The molecular formula is C15H15NO2. The Morgan fingerprint density at radius 3 is 2.28 bits per heavy atom. The highest BCUT2D eigenvalue weighted by molar-refractivity contribution is 5.79. The van der Waals surface area contributed by atoms with Crippen molar-refractivity contribution in [3.63, 3.8) is 0 Å². The molecule has 0 fully saturated rings. The lowest BCUT2D eigenvalue weighted by Gasteiger charge is -2.13. The molecule has 2 aromatic rings. The Bertz CT molecular complexity index is 532. The van der Waals surface area contributed by atoms with Gasteiger partial charge in [0.2, 0.25) is 0 Å². The van der Waals surface area contributed by atoms with Crippen LogP contribution in [0.15, 0.2) is 48.5 Å². The van der Waals surface area contributed by atoms with Gasteiger partial charge in [-0.25, -0.2) is 0 Å². The summed E-state index contributed by atoms with van der Waals surface area (Å²) in [5, 5.41) is 0. The highest BCUT2D eigenvalue weighted by Gasteiger charge is 2.03. The Labute approximate surface area is 107 Å². The van der Waals surface area contributed by atoms with E-state index in [4.69, 9.17) is 4.74 Å². The molecule has 0 heterocycles. The summed E-state index contributed by atoms with van der Waals surface area (Å²) >= 11 is 0. The summed E-state index contributed by atoms with van der Waals surface area (Å²) in [7, 11) is 3.97. The number of benzene rings is 2. The maximum atomic E-state index is 10.9. The summed E-state index contributed by atoms with van der Waals surface area (Å²) in [4.78, 5) is 12.9. The van der Waals surface area contributed by atoms with Gasteiger partial charge in [0.1, 0.15) is 11.5 Å². The third-order valence-electron chi connectivity index (χ3n) is 2.63. The number of ether oxygens (including phenoxy) is 1. The predicted molar refractivity (Wildman–Crippen MR) is 72.7 cm³/mol. The maximum Gasteiger partial charge on any atom is 0.153 e. The van der Waals surface area contributed by atoms with E-state index in [0.29, 0.717) is 11.3 Å². The average Bonchev–Trinajstić information content (AvgIpc) is 2.40. The number of rotatable bonds is 4. The number of carbonyl (C=O) groups excluding carboxylic acids is 1. The molecule has 92 valence electrons. The second-order valence-electron chi connectivity index (χ2n) is 4.15. The number of hydrogen-bond acceptors (Lipinski definition) is 3. The van der Waals surface area contributed by atoms with E-state index in [1.807, 2.05) is 55.4 Å². The van der Waals surface area contributed by atoms with Gasteiger partial charge >= 0.3 is 0 Å². The van der Waals surface area contributed by atoms with Gasteiger partial charge in [0.05, 0.1) is 5.56 Å². The molecule has 0 amide bonds. The van der Waals surface area contributed by atoms with Crippen molar-refractivity contribution in [2.75, 3.05) is 19.0 Å². The number of nitrogens with zero attached hydrogens (tertiary/aromatic N) is 1. The molecule has 0 radical (unpaired) electrons. The predicted octanol–water partition coefficient (Wildman–Crippen LogP) is 3.36. The molecule has 0 aromatic heterocycles. The smallest absolute Gasteiger partial charge is 0.153 e. The standard InChI is InChI=1S/C15H15NO2/c1-16(2)13-7-9-14(10-8-13)18-15-6-4-3-5-12(15)11-17/h3-11H,1-2H3. The van der Waals surface area contributed by atoms with Crippen LogP contribution in [0.5, 0.6) is 11.5 Å². The molecule has 0 aliphatic carbocycles. The fourth-order valence-corrected chi connectivity index (χ4v) is 1.61. The molecule has 2 rings (SSSR count). The summed E-state index contributed by atoms with van der Waals surface area (Å²) in [6, 6.07) is 14.9. The first-order chi connectivity index (χ1) is 8.70. The lowest BCUT2D eigenvalue weighted by molar-refractivity contribution is 0.112. The van der Waals surface area contributed by atoms with Crippen molar-refractivity contribution in [2.45, 2.75) is 0 Å². The molecule has 0 atom stereocenters. The molecule has 2 aromatic carbocycles. The quantitative estimate of drug-likeness (QED) is 0.769. The zero-order chi connectivity index (χ0) is 13.0.